The van der Waals surface area contributed by atoms with E-state index in [1.54, 1.807) is 0 Å². The number of rotatable bonds is 3. The molecule has 4 fully saturated rings. The minimum Gasteiger partial charge on any atom is -0.331 e. The average Bonchev–Trinajstić information content (AvgIpc) is 2.47. The van der Waals surface area contributed by atoms with Crippen LogP contribution in [-0.2, 0) is 4.79 Å². The third kappa shape index (κ3) is 3.38. The van der Waals surface area contributed by atoms with E-state index in [0.29, 0.717) is 11.5 Å². The summed E-state index contributed by atoms with van der Waals surface area (Å²) in [5.74, 6) is 2.68. The van der Waals surface area contributed by atoms with E-state index in [4.69, 9.17) is 12.2 Å². The Bertz CT molecular complexity index is 640. The smallest absolute Gasteiger partial charge is 0.226 e. The number of carbonyl (C=O) groups is 1. The van der Waals surface area contributed by atoms with E-state index in [0.717, 1.165) is 27.9 Å². The van der Waals surface area contributed by atoms with Crippen molar-refractivity contribution in [3.05, 3.63) is 28.7 Å². The molecule has 0 aromatic heterocycles. The van der Waals surface area contributed by atoms with Crippen LogP contribution in [0.25, 0.3) is 0 Å². The van der Waals surface area contributed by atoms with Crippen molar-refractivity contribution < 1.29 is 4.79 Å². The van der Waals surface area contributed by atoms with Crippen molar-refractivity contribution >= 4 is 44.9 Å². The third-order valence-corrected chi connectivity index (χ3v) is 6.97. The minimum atomic E-state index is 0.0708. The molecule has 4 aliphatic carbocycles. The van der Waals surface area contributed by atoms with Gasteiger partial charge in [-0.3, -0.25) is 4.79 Å². The van der Waals surface area contributed by atoms with Crippen LogP contribution in [0.3, 0.4) is 0 Å². The highest BCUT2D eigenvalue weighted by atomic mass is 79.9. The quantitative estimate of drug-likeness (QED) is 0.703. The predicted octanol–water partition coefficient (Wildman–Crippen LogP) is 4.87. The molecule has 0 radical (unpaired) electrons. The maximum absolute atomic E-state index is 12.6. The standard InChI is InChI=1S/C19H23BrN2OS/c20-15-3-1-2-4-16(15)21-18(24)22-17(23)11-19-8-12-5-13(9-19)7-14(6-12)10-19/h1-4,12-14H,5-11H2,(H2,21,22,23,24). The molecule has 0 spiro atoms. The molecule has 4 aliphatic rings. The second kappa shape index (κ2) is 6.41. The van der Waals surface area contributed by atoms with Crippen molar-refractivity contribution in [3.8, 4) is 0 Å². The molecule has 0 heterocycles. The monoisotopic (exact) mass is 406 g/mol. The second-order valence-corrected chi connectivity index (χ2v) is 9.34. The van der Waals surface area contributed by atoms with Crippen LogP contribution < -0.4 is 10.6 Å². The fourth-order valence-corrected chi connectivity index (χ4v) is 6.34. The molecule has 2 N–H and O–H groups in total. The highest BCUT2D eigenvalue weighted by Gasteiger charge is 2.51. The van der Waals surface area contributed by atoms with Gasteiger partial charge < -0.3 is 10.6 Å². The molecule has 1 aromatic carbocycles. The largest absolute Gasteiger partial charge is 0.331 e. The Kier molecular flexibility index (Phi) is 4.42. The molecule has 128 valence electrons. The van der Waals surface area contributed by atoms with Crippen molar-refractivity contribution in [1.82, 2.24) is 5.32 Å². The van der Waals surface area contributed by atoms with E-state index in [1.165, 1.54) is 38.5 Å². The lowest BCUT2D eigenvalue weighted by Gasteiger charge is -2.56. The van der Waals surface area contributed by atoms with Crippen molar-refractivity contribution in [1.29, 1.82) is 0 Å². The summed E-state index contributed by atoms with van der Waals surface area (Å²) in [6.45, 7) is 0. The average molecular weight is 407 g/mol. The van der Waals surface area contributed by atoms with Crippen molar-refractivity contribution in [2.75, 3.05) is 5.32 Å². The summed E-state index contributed by atoms with van der Waals surface area (Å²) < 4.78 is 0.933. The Morgan fingerprint density at radius 2 is 1.71 bits per heavy atom. The van der Waals surface area contributed by atoms with Gasteiger partial charge in [0.15, 0.2) is 5.11 Å². The molecule has 5 heteroatoms. The van der Waals surface area contributed by atoms with Crippen LogP contribution in [0.1, 0.15) is 44.9 Å². The number of amides is 1. The van der Waals surface area contributed by atoms with Gasteiger partial charge in [-0.15, -0.1) is 0 Å². The minimum absolute atomic E-state index is 0.0708. The Morgan fingerprint density at radius 3 is 2.29 bits per heavy atom. The van der Waals surface area contributed by atoms with E-state index >= 15 is 0 Å². The maximum atomic E-state index is 12.6. The first kappa shape index (κ1) is 16.5. The zero-order chi connectivity index (χ0) is 16.7. The number of halogens is 1. The molecule has 0 unspecified atom stereocenters. The summed E-state index contributed by atoms with van der Waals surface area (Å²) in [5.41, 5.74) is 1.12. The number of anilines is 1. The number of para-hydroxylation sites is 1. The lowest BCUT2D eigenvalue weighted by molar-refractivity contribution is -0.127. The number of nitrogens with one attached hydrogen (secondary N) is 2. The zero-order valence-electron chi connectivity index (χ0n) is 13.7. The first-order valence-corrected chi connectivity index (χ1v) is 10.1. The summed E-state index contributed by atoms with van der Waals surface area (Å²) in [6.07, 6.45) is 8.59. The van der Waals surface area contributed by atoms with Gasteiger partial charge in [-0.25, -0.2) is 0 Å². The van der Waals surface area contributed by atoms with Crippen LogP contribution in [0.4, 0.5) is 5.69 Å². The Hall–Kier alpha value is -0.940. The van der Waals surface area contributed by atoms with Gasteiger partial charge in [0.05, 0.1) is 5.69 Å². The predicted molar refractivity (Wildman–Crippen MR) is 104 cm³/mol. The lowest BCUT2D eigenvalue weighted by atomic mass is 9.49. The number of benzene rings is 1. The molecule has 0 atom stereocenters. The maximum Gasteiger partial charge on any atom is 0.226 e. The molecule has 0 aliphatic heterocycles. The topological polar surface area (TPSA) is 41.1 Å². The highest BCUT2D eigenvalue weighted by Crippen LogP contribution is 2.61. The Balaban J connectivity index is 1.35. The van der Waals surface area contributed by atoms with Crippen molar-refractivity contribution in [2.24, 2.45) is 23.2 Å². The normalized spacial score (nSPS) is 33.3. The molecule has 0 saturated heterocycles. The molecular weight excluding hydrogens is 384 g/mol. The van der Waals surface area contributed by atoms with Crippen LogP contribution in [0.5, 0.6) is 0 Å². The molecule has 24 heavy (non-hydrogen) atoms. The lowest BCUT2D eigenvalue weighted by Crippen LogP contribution is -2.48. The first-order chi connectivity index (χ1) is 11.5. The number of thiocarbonyl (C=S) groups is 1. The SMILES string of the molecule is O=C(CC12CC3CC(CC(C3)C1)C2)NC(=S)Nc1ccccc1Br. The summed E-state index contributed by atoms with van der Waals surface area (Å²) in [5, 5.41) is 6.38. The number of carbonyl (C=O) groups excluding carboxylic acids is 1. The van der Waals surface area contributed by atoms with Gasteiger partial charge in [0.25, 0.3) is 0 Å². The van der Waals surface area contributed by atoms with Crippen LogP contribution in [0, 0.1) is 23.2 Å². The summed E-state index contributed by atoms with van der Waals surface area (Å²) >= 11 is 8.80. The molecule has 3 nitrogen and oxygen atoms in total. The summed E-state index contributed by atoms with van der Waals surface area (Å²) in [6, 6.07) is 7.76. The van der Waals surface area contributed by atoms with E-state index in [9.17, 15) is 4.79 Å². The van der Waals surface area contributed by atoms with Crippen LogP contribution in [0.15, 0.2) is 28.7 Å². The van der Waals surface area contributed by atoms with Crippen molar-refractivity contribution in [2.45, 2.75) is 44.9 Å². The third-order valence-electron chi connectivity index (χ3n) is 6.08. The fourth-order valence-electron chi connectivity index (χ4n) is 5.73. The molecular formula is C19H23BrN2OS. The van der Waals surface area contributed by atoms with Crippen LogP contribution in [-0.4, -0.2) is 11.0 Å². The Morgan fingerprint density at radius 1 is 1.12 bits per heavy atom. The van der Waals surface area contributed by atoms with Gasteiger partial charge in [0, 0.05) is 10.9 Å². The number of hydrogen-bond acceptors (Lipinski definition) is 2. The van der Waals surface area contributed by atoms with E-state index in [-0.39, 0.29) is 11.3 Å². The first-order valence-electron chi connectivity index (χ1n) is 8.87. The molecule has 1 aromatic rings. The Labute approximate surface area is 157 Å². The van der Waals surface area contributed by atoms with Gasteiger partial charge in [0.1, 0.15) is 0 Å². The van der Waals surface area contributed by atoms with Gasteiger partial charge >= 0.3 is 0 Å². The molecule has 4 bridgehead atoms. The number of hydrogen-bond donors (Lipinski definition) is 2. The van der Waals surface area contributed by atoms with Crippen LogP contribution in [0.2, 0.25) is 0 Å². The second-order valence-electron chi connectivity index (χ2n) is 8.08. The summed E-state index contributed by atoms with van der Waals surface area (Å²) in [4.78, 5) is 12.6. The van der Waals surface area contributed by atoms with E-state index < -0.39 is 0 Å². The molecule has 5 rings (SSSR count). The van der Waals surface area contributed by atoms with Gasteiger partial charge in [-0.05, 0) is 102 Å². The highest BCUT2D eigenvalue weighted by molar-refractivity contribution is 9.10. The summed E-state index contributed by atoms with van der Waals surface area (Å²) in [7, 11) is 0. The van der Waals surface area contributed by atoms with Crippen molar-refractivity contribution in [3.63, 3.8) is 0 Å². The zero-order valence-corrected chi connectivity index (χ0v) is 16.1. The van der Waals surface area contributed by atoms with Crippen LogP contribution >= 0.6 is 28.1 Å². The molecule has 1 amide bonds. The van der Waals surface area contributed by atoms with E-state index in [1.807, 2.05) is 24.3 Å². The van der Waals surface area contributed by atoms with Gasteiger partial charge in [0.2, 0.25) is 5.91 Å². The fraction of sp³-hybridized carbons (Fsp3) is 0.579. The molecule has 4 saturated carbocycles. The van der Waals surface area contributed by atoms with Gasteiger partial charge in [-0.2, -0.15) is 0 Å². The van der Waals surface area contributed by atoms with E-state index in [2.05, 4.69) is 26.6 Å². The van der Waals surface area contributed by atoms with Gasteiger partial charge in [-0.1, -0.05) is 12.1 Å².